The molecular weight excluding hydrogens is 184 g/mol. The van der Waals surface area contributed by atoms with Gasteiger partial charge in [-0.25, -0.2) is 0 Å². The molecule has 0 spiro atoms. The average molecular weight is 206 g/mol. The number of rotatable bonds is 4. The highest BCUT2D eigenvalue weighted by Gasteiger charge is 2.42. The third kappa shape index (κ3) is 2.17. The van der Waals surface area contributed by atoms with Crippen molar-refractivity contribution in [1.82, 2.24) is 0 Å². The van der Waals surface area contributed by atoms with Crippen LogP contribution in [0.1, 0.15) is 39.5 Å². The molecule has 0 radical (unpaired) electrons. The van der Waals surface area contributed by atoms with E-state index >= 15 is 0 Å². The standard InChI is InChI=1S/C14H22O/c1-10(9-15)4-3-5-13-12-7-6-11(2)14(13)8-12/h4,6,12-15H,3,5,7-9H2,1-2H3. The molecule has 84 valence electrons. The van der Waals surface area contributed by atoms with E-state index < -0.39 is 0 Å². The Kier molecular flexibility index (Phi) is 3.30. The second-order valence-corrected chi connectivity index (χ2v) is 5.24. The smallest absolute Gasteiger partial charge is 0.0639 e. The lowest BCUT2D eigenvalue weighted by Crippen LogP contribution is -2.40. The summed E-state index contributed by atoms with van der Waals surface area (Å²) in [4.78, 5) is 0. The highest BCUT2D eigenvalue weighted by Crippen LogP contribution is 2.52. The van der Waals surface area contributed by atoms with Crippen LogP contribution in [0.4, 0.5) is 0 Å². The first-order valence-electron chi connectivity index (χ1n) is 6.15. The summed E-state index contributed by atoms with van der Waals surface area (Å²) < 4.78 is 0. The van der Waals surface area contributed by atoms with Crippen LogP contribution < -0.4 is 0 Å². The summed E-state index contributed by atoms with van der Waals surface area (Å²) in [5, 5.41) is 8.90. The van der Waals surface area contributed by atoms with Crippen molar-refractivity contribution in [2.45, 2.75) is 39.5 Å². The van der Waals surface area contributed by atoms with Gasteiger partial charge < -0.3 is 5.11 Å². The van der Waals surface area contributed by atoms with Crippen molar-refractivity contribution in [3.63, 3.8) is 0 Å². The molecule has 0 aliphatic heterocycles. The van der Waals surface area contributed by atoms with Crippen LogP contribution in [0.2, 0.25) is 0 Å². The van der Waals surface area contributed by atoms with E-state index in [2.05, 4.69) is 19.1 Å². The van der Waals surface area contributed by atoms with Crippen LogP contribution in [0.3, 0.4) is 0 Å². The third-order valence-electron chi connectivity index (χ3n) is 4.25. The van der Waals surface area contributed by atoms with E-state index in [1.54, 1.807) is 5.57 Å². The highest BCUT2D eigenvalue weighted by molar-refractivity contribution is 5.18. The molecule has 1 nitrogen and oxygen atoms in total. The van der Waals surface area contributed by atoms with Crippen LogP contribution in [0.5, 0.6) is 0 Å². The number of fused-ring (bicyclic) bond motifs is 1. The molecular formula is C14H22O. The Morgan fingerprint density at radius 1 is 1.60 bits per heavy atom. The Morgan fingerprint density at radius 3 is 3.00 bits per heavy atom. The van der Waals surface area contributed by atoms with Gasteiger partial charge in [-0.05, 0) is 57.3 Å². The number of aliphatic hydroxyl groups excluding tert-OH is 1. The predicted molar refractivity (Wildman–Crippen MR) is 63.5 cm³/mol. The third-order valence-corrected chi connectivity index (χ3v) is 4.25. The number of aliphatic hydroxyl groups is 1. The molecule has 3 aliphatic rings. The van der Waals surface area contributed by atoms with E-state index in [0.29, 0.717) is 0 Å². The molecule has 0 aromatic heterocycles. The van der Waals surface area contributed by atoms with E-state index in [9.17, 15) is 0 Å². The zero-order valence-electron chi connectivity index (χ0n) is 9.87. The summed E-state index contributed by atoms with van der Waals surface area (Å²) in [5.41, 5.74) is 2.75. The van der Waals surface area contributed by atoms with Crippen LogP contribution in [-0.4, -0.2) is 11.7 Å². The minimum absolute atomic E-state index is 0.219. The Balaban J connectivity index is 1.81. The Hall–Kier alpha value is -0.560. The molecule has 0 aromatic carbocycles. The Bertz CT molecular complexity index is 288. The van der Waals surface area contributed by atoms with Crippen molar-refractivity contribution in [2.75, 3.05) is 6.61 Å². The monoisotopic (exact) mass is 206 g/mol. The maximum atomic E-state index is 8.90. The van der Waals surface area contributed by atoms with Gasteiger partial charge in [0.25, 0.3) is 0 Å². The molecule has 2 bridgehead atoms. The van der Waals surface area contributed by atoms with E-state index in [1.165, 1.54) is 19.3 Å². The molecule has 0 aromatic rings. The van der Waals surface area contributed by atoms with Crippen molar-refractivity contribution in [3.05, 3.63) is 23.3 Å². The lowest BCUT2D eigenvalue weighted by molar-refractivity contribution is 0.0787. The highest BCUT2D eigenvalue weighted by atomic mass is 16.3. The molecule has 15 heavy (non-hydrogen) atoms. The second kappa shape index (κ2) is 4.52. The fraction of sp³-hybridized carbons (Fsp3) is 0.714. The minimum Gasteiger partial charge on any atom is -0.392 e. The minimum atomic E-state index is 0.219. The molecule has 1 fully saturated rings. The zero-order valence-corrected chi connectivity index (χ0v) is 9.87. The van der Waals surface area contributed by atoms with Crippen LogP contribution in [0.15, 0.2) is 23.3 Å². The second-order valence-electron chi connectivity index (χ2n) is 5.24. The maximum absolute atomic E-state index is 8.90. The first kappa shape index (κ1) is 10.9. The van der Waals surface area contributed by atoms with Crippen LogP contribution in [0, 0.1) is 17.8 Å². The first-order chi connectivity index (χ1) is 7.22. The van der Waals surface area contributed by atoms with E-state index in [-0.39, 0.29) is 6.61 Å². The molecule has 0 heterocycles. The van der Waals surface area contributed by atoms with Crippen molar-refractivity contribution in [3.8, 4) is 0 Å². The van der Waals surface area contributed by atoms with Gasteiger partial charge in [-0.15, -0.1) is 0 Å². The molecule has 3 unspecified atom stereocenters. The number of allylic oxidation sites excluding steroid dienone is 3. The quantitative estimate of drug-likeness (QED) is 0.700. The SMILES string of the molecule is CC(=CCCC1C2CC=C(C)C1C2)CO. The van der Waals surface area contributed by atoms with Crippen molar-refractivity contribution >= 4 is 0 Å². The molecule has 1 heteroatoms. The topological polar surface area (TPSA) is 20.2 Å². The van der Waals surface area contributed by atoms with Crippen molar-refractivity contribution in [1.29, 1.82) is 0 Å². The molecule has 1 N–H and O–H groups in total. The molecule has 3 rings (SSSR count). The van der Waals surface area contributed by atoms with Gasteiger partial charge >= 0.3 is 0 Å². The maximum Gasteiger partial charge on any atom is 0.0639 e. The summed E-state index contributed by atoms with van der Waals surface area (Å²) in [6.07, 6.45) is 9.86. The van der Waals surface area contributed by atoms with Gasteiger partial charge in [0, 0.05) is 0 Å². The average Bonchev–Trinajstić information content (AvgIpc) is 2.23. The van der Waals surface area contributed by atoms with E-state index in [1.807, 2.05) is 6.92 Å². The molecule has 0 amide bonds. The normalized spacial score (nSPS) is 34.7. The molecule has 3 aliphatic carbocycles. The van der Waals surface area contributed by atoms with Crippen LogP contribution in [-0.2, 0) is 0 Å². The molecule has 0 saturated heterocycles. The fourth-order valence-corrected chi connectivity index (χ4v) is 3.12. The van der Waals surface area contributed by atoms with Gasteiger partial charge in [0.05, 0.1) is 6.61 Å². The van der Waals surface area contributed by atoms with Gasteiger partial charge in [0.15, 0.2) is 0 Å². The summed E-state index contributed by atoms with van der Waals surface area (Å²) in [6.45, 7) is 4.52. The summed E-state index contributed by atoms with van der Waals surface area (Å²) in [6, 6.07) is 0. The predicted octanol–water partition coefficient (Wildman–Crippen LogP) is 3.31. The summed E-state index contributed by atoms with van der Waals surface area (Å²) >= 11 is 0. The van der Waals surface area contributed by atoms with Gasteiger partial charge in [-0.1, -0.05) is 23.3 Å². The van der Waals surface area contributed by atoms with Crippen molar-refractivity contribution < 1.29 is 5.11 Å². The fourth-order valence-electron chi connectivity index (χ4n) is 3.12. The molecule has 3 atom stereocenters. The van der Waals surface area contributed by atoms with Gasteiger partial charge in [-0.3, -0.25) is 0 Å². The van der Waals surface area contributed by atoms with Gasteiger partial charge in [0.2, 0.25) is 0 Å². The Labute approximate surface area is 92.9 Å². The largest absolute Gasteiger partial charge is 0.392 e. The first-order valence-corrected chi connectivity index (χ1v) is 6.15. The summed E-state index contributed by atoms with van der Waals surface area (Å²) in [5.74, 6) is 2.81. The number of hydrogen-bond donors (Lipinski definition) is 1. The van der Waals surface area contributed by atoms with Crippen molar-refractivity contribution in [2.24, 2.45) is 17.8 Å². The van der Waals surface area contributed by atoms with E-state index in [0.717, 1.165) is 29.7 Å². The van der Waals surface area contributed by atoms with Crippen LogP contribution >= 0.6 is 0 Å². The van der Waals surface area contributed by atoms with Crippen LogP contribution in [0.25, 0.3) is 0 Å². The van der Waals surface area contributed by atoms with Gasteiger partial charge in [-0.2, -0.15) is 0 Å². The van der Waals surface area contributed by atoms with Gasteiger partial charge in [0.1, 0.15) is 0 Å². The number of hydrogen-bond acceptors (Lipinski definition) is 1. The Morgan fingerprint density at radius 2 is 2.40 bits per heavy atom. The zero-order chi connectivity index (χ0) is 10.8. The lowest BCUT2D eigenvalue weighted by Gasteiger charge is -2.49. The molecule has 1 saturated carbocycles. The lowest BCUT2D eigenvalue weighted by atomic mass is 9.56. The summed E-state index contributed by atoms with van der Waals surface area (Å²) in [7, 11) is 0. The van der Waals surface area contributed by atoms with E-state index in [4.69, 9.17) is 5.11 Å².